The molecule has 0 atom stereocenters. The number of carbonyl (C=O) groups excluding carboxylic acids is 1. The van der Waals surface area contributed by atoms with E-state index in [0.717, 1.165) is 38.2 Å². The molecule has 0 bridgehead atoms. The maximum absolute atomic E-state index is 12.3. The van der Waals surface area contributed by atoms with Crippen molar-refractivity contribution >= 4 is 22.9 Å². The molecule has 1 amide bonds. The summed E-state index contributed by atoms with van der Waals surface area (Å²) in [5.41, 5.74) is 4.23. The molecule has 7 nitrogen and oxygen atoms in total. The summed E-state index contributed by atoms with van der Waals surface area (Å²) < 4.78 is 1.85. The topological polar surface area (TPSA) is 66.6 Å². The number of nitrogens with zero attached hydrogens (tertiary/aromatic N) is 6. The van der Waals surface area contributed by atoms with E-state index in [9.17, 15) is 4.79 Å². The summed E-state index contributed by atoms with van der Waals surface area (Å²) in [7, 11) is 3.49. The van der Waals surface area contributed by atoms with Gasteiger partial charge in [-0.1, -0.05) is 0 Å². The van der Waals surface area contributed by atoms with Gasteiger partial charge in [0, 0.05) is 49.5 Å². The second-order valence-electron chi connectivity index (χ2n) is 6.88. The second kappa shape index (κ2) is 7.13. The van der Waals surface area contributed by atoms with Gasteiger partial charge in [0.25, 0.3) is 5.91 Å². The number of aromatic nitrogens is 4. The molecular weight excluding hydrogens is 348 g/mol. The fourth-order valence-corrected chi connectivity index (χ4v) is 4.17. The molecule has 1 fully saturated rings. The standard InChI is InChI=1S/C18H22N6OS/c1-22(2)18(25)15-10-21-24-16(3-6-20-17(15)24)13-4-7-23(8-5-13)11-14-9-19-12-26-14/h3,6,9-10,12-13H,4-5,7-8,11H2,1-2H3. The molecule has 4 rings (SSSR count). The Balaban J connectivity index is 1.52. The number of thiazole rings is 1. The van der Waals surface area contributed by atoms with E-state index in [0.29, 0.717) is 17.1 Å². The molecule has 0 spiro atoms. The van der Waals surface area contributed by atoms with Crippen LogP contribution in [0.15, 0.2) is 30.2 Å². The maximum atomic E-state index is 12.3. The van der Waals surface area contributed by atoms with Crippen LogP contribution in [0.4, 0.5) is 0 Å². The van der Waals surface area contributed by atoms with Gasteiger partial charge in [0.2, 0.25) is 0 Å². The lowest BCUT2D eigenvalue weighted by Gasteiger charge is -2.31. The number of likely N-dealkylation sites (tertiary alicyclic amines) is 1. The van der Waals surface area contributed by atoms with Crippen molar-refractivity contribution in [2.75, 3.05) is 27.2 Å². The molecule has 8 heteroatoms. The number of fused-ring (bicyclic) bond motifs is 1. The molecule has 0 aliphatic carbocycles. The van der Waals surface area contributed by atoms with Gasteiger partial charge in [-0.05, 0) is 32.0 Å². The van der Waals surface area contributed by atoms with Crippen molar-refractivity contribution < 1.29 is 4.79 Å². The predicted octanol–water partition coefficient (Wildman–Crippen LogP) is 2.27. The van der Waals surface area contributed by atoms with Gasteiger partial charge >= 0.3 is 0 Å². The highest BCUT2D eigenvalue weighted by Crippen LogP contribution is 2.29. The average Bonchev–Trinajstić information content (AvgIpc) is 3.31. The Morgan fingerprint density at radius 3 is 2.81 bits per heavy atom. The summed E-state index contributed by atoms with van der Waals surface area (Å²) >= 11 is 1.71. The molecule has 0 saturated carbocycles. The molecule has 1 aliphatic rings. The third kappa shape index (κ3) is 3.22. The van der Waals surface area contributed by atoms with Crippen molar-refractivity contribution in [2.24, 2.45) is 0 Å². The zero-order chi connectivity index (χ0) is 18.1. The van der Waals surface area contributed by atoms with Gasteiger partial charge in [-0.3, -0.25) is 14.7 Å². The van der Waals surface area contributed by atoms with Gasteiger partial charge in [-0.25, -0.2) is 9.50 Å². The minimum atomic E-state index is -0.0657. The average molecular weight is 370 g/mol. The Hall–Kier alpha value is -2.32. The lowest BCUT2D eigenvalue weighted by atomic mass is 9.93. The van der Waals surface area contributed by atoms with E-state index in [4.69, 9.17) is 0 Å². The second-order valence-corrected chi connectivity index (χ2v) is 7.85. The van der Waals surface area contributed by atoms with Crippen LogP contribution in [-0.2, 0) is 6.54 Å². The lowest BCUT2D eigenvalue weighted by Crippen LogP contribution is -2.32. The quantitative estimate of drug-likeness (QED) is 0.705. The Morgan fingerprint density at radius 2 is 2.12 bits per heavy atom. The summed E-state index contributed by atoms with van der Waals surface area (Å²) in [6, 6.07) is 2.04. The first-order chi connectivity index (χ1) is 12.6. The molecule has 0 radical (unpaired) electrons. The van der Waals surface area contributed by atoms with Crippen LogP contribution in [-0.4, -0.2) is 62.5 Å². The number of carbonyl (C=O) groups is 1. The van der Waals surface area contributed by atoms with Crippen molar-refractivity contribution in [1.29, 1.82) is 0 Å². The largest absolute Gasteiger partial charge is 0.345 e. The first-order valence-electron chi connectivity index (χ1n) is 8.77. The zero-order valence-electron chi connectivity index (χ0n) is 15.0. The van der Waals surface area contributed by atoms with Crippen molar-refractivity contribution in [3.63, 3.8) is 0 Å². The Bertz CT molecular complexity index is 896. The number of piperidine rings is 1. The van der Waals surface area contributed by atoms with Gasteiger partial charge in [-0.15, -0.1) is 11.3 Å². The smallest absolute Gasteiger partial charge is 0.258 e. The van der Waals surface area contributed by atoms with E-state index in [1.165, 1.54) is 4.88 Å². The van der Waals surface area contributed by atoms with Crippen LogP contribution in [0.25, 0.3) is 5.65 Å². The van der Waals surface area contributed by atoms with Crippen LogP contribution in [0.1, 0.15) is 39.7 Å². The molecule has 26 heavy (non-hydrogen) atoms. The molecule has 0 N–H and O–H groups in total. The first kappa shape index (κ1) is 17.1. The van der Waals surface area contributed by atoms with Crippen molar-refractivity contribution in [3.05, 3.63) is 46.3 Å². The van der Waals surface area contributed by atoms with Gasteiger partial charge in [0.1, 0.15) is 5.56 Å². The highest BCUT2D eigenvalue weighted by atomic mass is 32.1. The van der Waals surface area contributed by atoms with Gasteiger partial charge in [0.15, 0.2) is 5.65 Å². The monoisotopic (exact) mass is 370 g/mol. The Morgan fingerprint density at radius 1 is 1.31 bits per heavy atom. The molecule has 0 unspecified atom stereocenters. The molecule has 136 valence electrons. The summed E-state index contributed by atoms with van der Waals surface area (Å²) in [4.78, 5) is 26.2. The normalized spacial score (nSPS) is 16.2. The van der Waals surface area contributed by atoms with Gasteiger partial charge < -0.3 is 4.90 Å². The van der Waals surface area contributed by atoms with E-state index in [1.54, 1.807) is 42.7 Å². The molecular formula is C18H22N6OS. The molecule has 1 saturated heterocycles. The first-order valence-corrected chi connectivity index (χ1v) is 9.65. The van der Waals surface area contributed by atoms with Crippen LogP contribution in [0.3, 0.4) is 0 Å². The van der Waals surface area contributed by atoms with Crippen LogP contribution in [0.2, 0.25) is 0 Å². The van der Waals surface area contributed by atoms with Crippen LogP contribution in [0, 0.1) is 0 Å². The van der Waals surface area contributed by atoms with Crippen molar-refractivity contribution in [1.82, 2.24) is 29.4 Å². The number of hydrogen-bond donors (Lipinski definition) is 0. The highest BCUT2D eigenvalue weighted by molar-refractivity contribution is 7.09. The van der Waals surface area contributed by atoms with E-state index in [2.05, 4.69) is 20.0 Å². The maximum Gasteiger partial charge on any atom is 0.258 e. The SMILES string of the molecule is CN(C)C(=O)c1cnn2c(C3CCN(Cc4cncs4)CC3)ccnc12. The fraction of sp³-hybridized carbons (Fsp3) is 0.444. The van der Waals surface area contributed by atoms with Crippen LogP contribution >= 0.6 is 11.3 Å². The summed E-state index contributed by atoms with van der Waals surface area (Å²) in [5, 5.41) is 4.46. The minimum Gasteiger partial charge on any atom is -0.345 e. The summed E-state index contributed by atoms with van der Waals surface area (Å²) in [6.07, 6.45) is 7.54. The predicted molar refractivity (Wildman–Crippen MR) is 100 cm³/mol. The lowest BCUT2D eigenvalue weighted by molar-refractivity contribution is 0.0829. The van der Waals surface area contributed by atoms with Crippen molar-refractivity contribution in [3.8, 4) is 0 Å². The Labute approximate surface area is 156 Å². The van der Waals surface area contributed by atoms with E-state index in [-0.39, 0.29) is 5.91 Å². The van der Waals surface area contributed by atoms with Crippen LogP contribution < -0.4 is 0 Å². The summed E-state index contributed by atoms with van der Waals surface area (Å²) in [6.45, 7) is 3.08. The fourth-order valence-electron chi connectivity index (χ4n) is 3.54. The van der Waals surface area contributed by atoms with Gasteiger partial charge in [-0.2, -0.15) is 5.10 Å². The molecule has 4 heterocycles. The van der Waals surface area contributed by atoms with E-state index >= 15 is 0 Å². The third-order valence-corrected chi connectivity index (χ3v) is 5.70. The number of rotatable bonds is 4. The molecule has 0 aromatic carbocycles. The van der Waals surface area contributed by atoms with E-state index in [1.807, 2.05) is 22.3 Å². The third-order valence-electron chi connectivity index (χ3n) is 4.94. The van der Waals surface area contributed by atoms with Crippen LogP contribution in [0.5, 0.6) is 0 Å². The molecule has 3 aromatic rings. The van der Waals surface area contributed by atoms with Crippen molar-refractivity contribution in [2.45, 2.75) is 25.3 Å². The minimum absolute atomic E-state index is 0.0657. The Kier molecular flexibility index (Phi) is 4.69. The number of amides is 1. The zero-order valence-corrected chi connectivity index (χ0v) is 15.8. The highest BCUT2D eigenvalue weighted by Gasteiger charge is 2.25. The molecule has 1 aliphatic heterocycles. The summed E-state index contributed by atoms with van der Waals surface area (Å²) in [5.74, 6) is 0.365. The van der Waals surface area contributed by atoms with Gasteiger partial charge in [0.05, 0.1) is 11.7 Å². The van der Waals surface area contributed by atoms with E-state index < -0.39 is 0 Å². The number of hydrogen-bond acceptors (Lipinski definition) is 6. The molecule has 3 aromatic heterocycles.